The van der Waals surface area contributed by atoms with Crippen LogP contribution in [0, 0.1) is 0 Å². The molecule has 4 heterocycles. The number of nitrogens with two attached hydrogens (primary N) is 1. The van der Waals surface area contributed by atoms with Gasteiger partial charge in [-0.1, -0.05) is 18.2 Å². The van der Waals surface area contributed by atoms with Crippen LogP contribution in [-0.4, -0.2) is 81.0 Å². The number of benzene rings is 2. The van der Waals surface area contributed by atoms with Crippen molar-refractivity contribution in [2.24, 2.45) is 0 Å². The third kappa shape index (κ3) is 4.86. The van der Waals surface area contributed by atoms with Crippen molar-refractivity contribution in [2.45, 2.75) is 43.8 Å². The van der Waals surface area contributed by atoms with Gasteiger partial charge < -0.3 is 15.2 Å². The first-order chi connectivity index (χ1) is 19.2. The summed E-state index contributed by atoms with van der Waals surface area (Å²) in [6, 6.07) is 19.4. The number of hydrogen-bond donors (Lipinski definition) is 1. The number of anilines is 1. The number of nitrogens with zero attached hydrogens (tertiary/aromatic N) is 6. The van der Waals surface area contributed by atoms with E-state index in [1.165, 1.54) is 12.8 Å². The lowest BCUT2D eigenvalue weighted by atomic mass is 9.89. The highest BCUT2D eigenvalue weighted by Crippen LogP contribution is 2.37. The Morgan fingerprint density at radius 3 is 2.05 bits per heavy atom. The largest absolute Gasteiger partial charge is 0.457 e. The standard InChI is InChI=1S/C30H35N7O2/c31-29-27-28(21-6-12-26(13-7-21)39-25-4-2-1-3-5-25)34-37(30(27)33-20-32-29)23-10-8-22(9-11-23)35-14-16-36(17-15-35)24-18-38-19-24/h1-7,12-13,20,22-24H,8-11,14-19H2,(H2,31,32,33). The van der Waals surface area contributed by atoms with Crippen LogP contribution in [-0.2, 0) is 4.74 Å². The molecule has 39 heavy (non-hydrogen) atoms. The number of nitrogen functional groups attached to an aromatic ring is 1. The maximum absolute atomic E-state index is 6.39. The quantitative estimate of drug-likeness (QED) is 0.397. The molecule has 4 aromatic rings. The summed E-state index contributed by atoms with van der Waals surface area (Å²) >= 11 is 0. The highest BCUT2D eigenvalue weighted by Gasteiger charge is 2.33. The van der Waals surface area contributed by atoms with E-state index in [4.69, 9.17) is 20.3 Å². The topological polar surface area (TPSA) is 94.6 Å². The molecule has 0 radical (unpaired) electrons. The summed E-state index contributed by atoms with van der Waals surface area (Å²) in [5, 5.41) is 5.93. The minimum atomic E-state index is 0.306. The Morgan fingerprint density at radius 1 is 0.744 bits per heavy atom. The second-order valence-corrected chi connectivity index (χ2v) is 10.9. The molecule has 0 atom stereocenters. The Bertz CT molecular complexity index is 1400. The third-order valence-corrected chi connectivity index (χ3v) is 8.64. The van der Waals surface area contributed by atoms with Crippen molar-refractivity contribution >= 4 is 16.9 Å². The van der Waals surface area contributed by atoms with E-state index < -0.39 is 0 Å². The zero-order valence-electron chi connectivity index (χ0n) is 22.2. The fourth-order valence-corrected chi connectivity index (χ4v) is 6.33. The maximum Gasteiger partial charge on any atom is 0.164 e. The second-order valence-electron chi connectivity index (χ2n) is 10.9. The molecule has 9 heteroatoms. The van der Waals surface area contributed by atoms with Crippen molar-refractivity contribution in [3.63, 3.8) is 0 Å². The van der Waals surface area contributed by atoms with Gasteiger partial charge in [-0.25, -0.2) is 14.6 Å². The van der Waals surface area contributed by atoms with Gasteiger partial charge in [0, 0.05) is 37.8 Å². The normalized spacial score (nSPS) is 23.1. The summed E-state index contributed by atoms with van der Waals surface area (Å²) in [4.78, 5) is 14.3. The fraction of sp³-hybridized carbons (Fsp3) is 0.433. The number of para-hydroxylation sites is 1. The molecule has 0 unspecified atom stereocenters. The lowest BCUT2D eigenvalue weighted by Crippen LogP contribution is -2.58. The summed E-state index contributed by atoms with van der Waals surface area (Å²) in [5.41, 5.74) is 9.01. The summed E-state index contributed by atoms with van der Waals surface area (Å²) in [6.45, 7) is 6.46. The zero-order valence-corrected chi connectivity index (χ0v) is 22.2. The SMILES string of the molecule is Nc1ncnc2c1c(-c1ccc(Oc3ccccc3)cc1)nn2C1CCC(N2CCN(C3COC3)CC2)CC1. The molecule has 2 saturated heterocycles. The molecule has 2 aliphatic heterocycles. The minimum Gasteiger partial charge on any atom is -0.457 e. The molecule has 2 aromatic carbocycles. The Hall–Kier alpha value is -3.53. The van der Waals surface area contributed by atoms with Crippen molar-refractivity contribution in [3.8, 4) is 22.8 Å². The molecular formula is C30H35N7O2. The molecule has 2 aromatic heterocycles. The number of aromatic nitrogens is 4. The number of ether oxygens (including phenoxy) is 2. The average molecular weight is 526 g/mol. The van der Waals surface area contributed by atoms with Crippen LogP contribution in [0.25, 0.3) is 22.3 Å². The Balaban J connectivity index is 1.07. The summed E-state index contributed by atoms with van der Waals surface area (Å²) in [5.74, 6) is 2.05. The van der Waals surface area contributed by atoms with E-state index in [9.17, 15) is 0 Å². The molecule has 2 N–H and O–H groups in total. The van der Waals surface area contributed by atoms with Crippen molar-refractivity contribution < 1.29 is 9.47 Å². The highest BCUT2D eigenvalue weighted by molar-refractivity contribution is 5.98. The van der Waals surface area contributed by atoms with E-state index in [1.54, 1.807) is 6.33 Å². The van der Waals surface area contributed by atoms with Gasteiger partial charge in [0.1, 0.15) is 29.3 Å². The van der Waals surface area contributed by atoms with Gasteiger partial charge in [0.2, 0.25) is 0 Å². The molecule has 0 amide bonds. The van der Waals surface area contributed by atoms with Crippen LogP contribution < -0.4 is 10.5 Å². The number of piperazine rings is 1. The van der Waals surface area contributed by atoms with Gasteiger partial charge in [-0.2, -0.15) is 5.10 Å². The summed E-state index contributed by atoms with van der Waals surface area (Å²) in [7, 11) is 0. The molecular weight excluding hydrogens is 490 g/mol. The molecule has 202 valence electrons. The van der Waals surface area contributed by atoms with Crippen molar-refractivity contribution in [1.29, 1.82) is 0 Å². The smallest absolute Gasteiger partial charge is 0.164 e. The first kappa shape index (κ1) is 24.5. The Kier molecular flexibility index (Phi) is 6.64. The molecule has 1 aliphatic carbocycles. The number of rotatable bonds is 6. The molecule has 0 spiro atoms. The number of fused-ring (bicyclic) bond motifs is 1. The molecule has 9 nitrogen and oxygen atoms in total. The average Bonchev–Trinajstić information content (AvgIpc) is 3.35. The van der Waals surface area contributed by atoms with Crippen molar-refractivity contribution in [2.75, 3.05) is 45.1 Å². The van der Waals surface area contributed by atoms with Crippen LogP contribution >= 0.6 is 0 Å². The fourth-order valence-electron chi connectivity index (χ4n) is 6.33. The van der Waals surface area contributed by atoms with Crippen LogP contribution in [0.1, 0.15) is 31.7 Å². The maximum atomic E-state index is 6.39. The van der Waals surface area contributed by atoms with Crippen LogP contribution in [0.4, 0.5) is 5.82 Å². The van der Waals surface area contributed by atoms with Crippen LogP contribution in [0.5, 0.6) is 11.5 Å². The minimum absolute atomic E-state index is 0.306. The predicted octanol–water partition coefficient (Wildman–Crippen LogP) is 4.37. The van der Waals surface area contributed by atoms with Crippen LogP contribution in [0.2, 0.25) is 0 Å². The van der Waals surface area contributed by atoms with Gasteiger partial charge in [-0.3, -0.25) is 9.80 Å². The van der Waals surface area contributed by atoms with Crippen molar-refractivity contribution in [3.05, 3.63) is 60.9 Å². The van der Waals surface area contributed by atoms with E-state index in [1.807, 2.05) is 54.6 Å². The van der Waals surface area contributed by atoms with Gasteiger partial charge in [0.15, 0.2) is 5.65 Å². The Labute approximate surface area is 228 Å². The highest BCUT2D eigenvalue weighted by atomic mass is 16.5. The van der Waals surface area contributed by atoms with E-state index in [-0.39, 0.29) is 0 Å². The van der Waals surface area contributed by atoms with Gasteiger partial charge in [-0.15, -0.1) is 0 Å². The molecule has 7 rings (SSSR count). The summed E-state index contributed by atoms with van der Waals surface area (Å²) < 4.78 is 13.5. The lowest BCUT2D eigenvalue weighted by Gasteiger charge is -2.45. The van der Waals surface area contributed by atoms with Crippen LogP contribution in [0.15, 0.2) is 60.9 Å². The van der Waals surface area contributed by atoms with Gasteiger partial charge >= 0.3 is 0 Å². The van der Waals surface area contributed by atoms with Gasteiger partial charge in [-0.05, 0) is 62.1 Å². The molecule has 3 fully saturated rings. The van der Waals surface area contributed by atoms with Crippen LogP contribution in [0.3, 0.4) is 0 Å². The van der Waals surface area contributed by atoms with Crippen molar-refractivity contribution in [1.82, 2.24) is 29.5 Å². The first-order valence-electron chi connectivity index (χ1n) is 14.1. The third-order valence-electron chi connectivity index (χ3n) is 8.64. The molecule has 0 bridgehead atoms. The lowest BCUT2D eigenvalue weighted by molar-refractivity contribution is -0.0810. The molecule has 3 aliphatic rings. The zero-order chi connectivity index (χ0) is 26.2. The summed E-state index contributed by atoms with van der Waals surface area (Å²) in [6.07, 6.45) is 6.09. The monoisotopic (exact) mass is 525 g/mol. The van der Waals surface area contributed by atoms with E-state index >= 15 is 0 Å². The molecule has 1 saturated carbocycles. The van der Waals surface area contributed by atoms with E-state index in [2.05, 4.69) is 24.4 Å². The van der Waals surface area contributed by atoms with Gasteiger partial charge in [0.05, 0.1) is 30.7 Å². The Morgan fingerprint density at radius 2 is 1.38 bits per heavy atom. The second kappa shape index (κ2) is 10.6. The predicted molar refractivity (Wildman–Crippen MR) is 151 cm³/mol. The number of hydrogen-bond acceptors (Lipinski definition) is 8. The van der Waals surface area contributed by atoms with E-state index in [0.29, 0.717) is 23.9 Å². The van der Waals surface area contributed by atoms with Gasteiger partial charge in [0.25, 0.3) is 0 Å². The first-order valence-corrected chi connectivity index (χ1v) is 14.1. The van der Waals surface area contributed by atoms with E-state index in [0.717, 1.165) is 86.0 Å².